The van der Waals surface area contributed by atoms with Crippen molar-refractivity contribution in [3.63, 3.8) is 0 Å². The van der Waals surface area contributed by atoms with Gasteiger partial charge in [-0.3, -0.25) is 9.48 Å². The topological polar surface area (TPSA) is 62.2 Å². The highest BCUT2D eigenvalue weighted by Crippen LogP contribution is 2.17. The van der Waals surface area contributed by atoms with Crippen molar-refractivity contribution in [3.05, 3.63) is 52.3 Å². The highest BCUT2D eigenvalue weighted by molar-refractivity contribution is 5.76. The Hall–Kier alpha value is -2.18. The summed E-state index contributed by atoms with van der Waals surface area (Å²) in [6.07, 6.45) is 2.28. The third-order valence-corrected chi connectivity index (χ3v) is 5.77. The molecule has 1 aliphatic rings. The van der Waals surface area contributed by atoms with Crippen molar-refractivity contribution in [2.24, 2.45) is 0 Å². The van der Waals surface area contributed by atoms with Crippen LogP contribution in [0, 0.1) is 20.8 Å². The fourth-order valence-electron chi connectivity index (χ4n) is 3.91. The first-order valence-corrected chi connectivity index (χ1v) is 10.8. The molecule has 3 rings (SSSR count). The maximum absolute atomic E-state index is 12.3. The van der Waals surface area contributed by atoms with Crippen LogP contribution >= 0.6 is 0 Å². The van der Waals surface area contributed by atoms with E-state index in [0.717, 1.165) is 70.0 Å². The lowest BCUT2D eigenvalue weighted by atomic mass is 10.1. The first kappa shape index (κ1) is 21.5. The summed E-state index contributed by atoms with van der Waals surface area (Å²) in [6.45, 7) is 13.2. The Morgan fingerprint density at radius 3 is 2.59 bits per heavy atom. The fourth-order valence-corrected chi connectivity index (χ4v) is 3.91. The van der Waals surface area contributed by atoms with Crippen LogP contribution in [0.4, 0.5) is 0 Å². The van der Waals surface area contributed by atoms with Gasteiger partial charge in [-0.05, 0) is 51.3 Å². The first-order valence-electron chi connectivity index (χ1n) is 10.8. The van der Waals surface area contributed by atoms with Crippen LogP contribution in [0.1, 0.15) is 40.9 Å². The SMILES string of the molecule is Cc1ccc(Cn2nc(C)c(CCC(=O)NCCCN3CCNCC3)c2C)cc1. The monoisotopic (exact) mass is 397 g/mol. The molecule has 0 saturated carbocycles. The van der Waals surface area contributed by atoms with Crippen LogP contribution in [0.2, 0.25) is 0 Å². The molecule has 1 amide bonds. The van der Waals surface area contributed by atoms with Gasteiger partial charge in [0.1, 0.15) is 0 Å². The van der Waals surface area contributed by atoms with E-state index in [0.29, 0.717) is 6.42 Å². The minimum absolute atomic E-state index is 0.135. The van der Waals surface area contributed by atoms with Crippen molar-refractivity contribution >= 4 is 5.91 Å². The van der Waals surface area contributed by atoms with E-state index < -0.39 is 0 Å². The van der Waals surface area contributed by atoms with E-state index in [-0.39, 0.29) is 5.91 Å². The van der Waals surface area contributed by atoms with E-state index in [4.69, 9.17) is 5.10 Å². The van der Waals surface area contributed by atoms with Crippen LogP contribution in [-0.4, -0.2) is 59.9 Å². The van der Waals surface area contributed by atoms with E-state index in [1.165, 1.54) is 16.7 Å². The third kappa shape index (κ3) is 6.41. The molecule has 2 heterocycles. The van der Waals surface area contributed by atoms with Gasteiger partial charge >= 0.3 is 0 Å². The summed E-state index contributed by atoms with van der Waals surface area (Å²) in [5, 5.41) is 11.1. The summed E-state index contributed by atoms with van der Waals surface area (Å²) in [7, 11) is 0. The highest BCUT2D eigenvalue weighted by atomic mass is 16.1. The van der Waals surface area contributed by atoms with Gasteiger partial charge in [-0.2, -0.15) is 5.10 Å². The Kier molecular flexibility index (Phi) is 7.83. The molecule has 29 heavy (non-hydrogen) atoms. The van der Waals surface area contributed by atoms with Crippen molar-refractivity contribution in [3.8, 4) is 0 Å². The molecule has 2 aromatic rings. The summed E-state index contributed by atoms with van der Waals surface area (Å²) < 4.78 is 2.06. The molecule has 0 atom stereocenters. The summed E-state index contributed by atoms with van der Waals surface area (Å²) in [6, 6.07) is 8.57. The molecule has 1 saturated heterocycles. The number of hydrogen-bond donors (Lipinski definition) is 2. The van der Waals surface area contributed by atoms with Crippen molar-refractivity contribution in [2.45, 2.75) is 46.6 Å². The molecule has 0 aliphatic carbocycles. The average Bonchev–Trinajstić information content (AvgIpc) is 2.99. The standard InChI is InChI=1S/C23H35N5O/c1-18-5-7-21(8-6-18)17-28-20(3)22(19(2)26-28)9-10-23(29)25-11-4-14-27-15-12-24-13-16-27/h5-8,24H,4,9-17H2,1-3H3,(H,25,29). The number of carbonyl (C=O) groups excluding carboxylic acids is 1. The summed E-state index contributed by atoms with van der Waals surface area (Å²) in [4.78, 5) is 14.7. The molecule has 158 valence electrons. The predicted octanol–water partition coefficient (Wildman–Crippen LogP) is 2.20. The molecule has 2 N–H and O–H groups in total. The maximum atomic E-state index is 12.3. The molecule has 0 unspecified atom stereocenters. The Morgan fingerprint density at radius 1 is 1.14 bits per heavy atom. The molecule has 0 radical (unpaired) electrons. The molecule has 6 heteroatoms. The second-order valence-electron chi connectivity index (χ2n) is 8.09. The smallest absolute Gasteiger partial charge is 0.220 e. The van der Waals surface area contributed by atoms with Gasteiger partial charge in [-0.15, -0.1) is 0 Å². The lowest BCUT2D eigenvalue weighted by Crippen LogP contribution is -2.44. The van der Waals surface area contributed by atoms with Crippen molar-refractivity contribution in [1.82, 2.24) is 25.3 Å². The Labute approximate surface area is 174 Å². The second-order valence-corrected chi connectivity index (χ2v) is 8.09. The molecule has 1 fully saturated rings. The fraction of sp³-hybridized carbons (Fsp3) is 0.565. The molecule has 6 nitrogen and oxygen atoms in total. The number of nitrogens with one attached hydrogen (secondary N) is 2. The van der Waals surface area contributed by atoms with Gasteiger partial charge in [-0.25, -0.2) is 0 Å². The van der Waals surface area contributed by atoms with Gasteiger partial charge in [0.05, 0.1) is 12.2 Å². The minimum Gasteiger partial charge on any atom is -0.356 e. The number of rotatable bonds is 9. The van der Waals surface area contributed by atoms with Crippen LogP contribution in [0.15, 0.2) is 24.3 Å². The van der Waals surface area contributed by atoms with Crippen LogP contribution in [0.5, 0.6) is 0 Å². The van der Waals surface area contributed by atoms with E-state index >= 15 is 0 Å². The maximum Gasteiger partial charge on any atom is 0.220 e. The summed E-state index contributed by atoms with van der Waals surface area (Å²) >= 11 is 0. The molecule has 0 spiro atoms. The van der Waals surface area contributed by atoms with Gasteiger partial charge in [0.25, 0.3) is 0 Å². The average molecular weight is 398 g/mol. The molecule has 1 aromatic carbocycles. The number of piperazine rings is 1. The second kappa shape index (κ2) is 10.6. The number of aryl methyl sites for hydroxylation is 2. The zero-order valence-electron chi connectivity index (χ0n) is 18.1. The van der Waals surface area contributed by atoms with Crippen molar-refractivity contribution in [1.29, 1.82) is 0 Å². The van der Waals surface area contributed by atoms with E-state index in [1.807, 2.05) is 6.92 Å². The number of aromatic nitrogens is 2. The minimum atomic E-state index is 0.135. The number of hydrogen-bond acceptors (Lipinski definition) is 4. The Balaban J connectivity index is 1.43. The molecule has 1 aromatic heterocycles. The Morgan fingerprint density at radius 2 is 1.86 bits per heavy atom. The van der Waals surface area contributed by atoms with Crippen molar-refractivity contribution in [2.75, 3.05) is 39.3 Å². The van der Waals surface area contributed by atoms with Crippen LogP contribution in [0.3, 0.4) is 0 Å². The highest BCUT2D eigenvalue weighted by Gasteiger charge is 2.14. The number of amides is 1. The van der Waals surface area contributed by atoms with Gasteiger partial charge in [0.2, 0.25) is 5.91 Å². The molecular weight excluding hydrogens is 362 g/mol. The Bertz CT molecular complexity index is 790. The summed E-state index contributed by atoms with van der Waals surface area (Å²) in [5.74, 6) is 0.135. The van der Waals surface area contributed by atoms with Crippen LogP contribution in [0.25, 0.3) is 0 Å². The molecule has 1 aliphatic heterocycles. The van der Waals surface area contributed by atoms with Gasteiger partial charge in [0.15, 0.2) is 0 Å². The van der Waals surface area contributed by atoms with E-state index in [9.17, 15) is 4.79 Å². The third-order valence-electron chi connectivity index (χ3n) is 5.77. The van der Waals surface area contributed by atoms with E-state index in [2.05, 4.69) is 58.3 Å². The zero-order valence-corrected chi connectivity index (χ0v) is 18.1. The first-order chi connectivity index (χ1) is 14.0. The zero-order chi connectivity index (χ0) is 20.6. The van der Waals surface area contributed by atoms with Gasteiger partial charge in [0, 0.05) is 44.8 Å². The lowest BCUT2D eigenvalue weighted by Gasteiger charge is -2.27. The van der Waals surface area contributed by atoms with Crippen molar-refractivity contribution < 1.29 is 4.79 Å². The van der Waals surface area contributed by atoms with Crippen LogP contribution < -0.4 is 10.6 Å². The van der Waals surface area contributed by atoms with Gasteiger partial charge in [-0.1, -0.05) is 29.8 Å². The summed E-state index contributed by atoms with van der Waals surface area (Å²) in [5.41, 5.74) is 5.90. The number of benzene rings is 1. The quantitative estimate of drug-likeness (QED) is 0.637. The van der Waals surface area contributed by atoms with Gasteiger partial charge < -0.3 is 15.5 Å². The van der Waals surface area contributed by atoms with E-state index in [1.54, 1.807) is 0 Å². The normalized spacial score (nSPS) is 14.9. The number of nitrogens with zero attached hydrogens (tertiary/aromatic N) is 3. The largest absolute Gasteiger partial charge is 0.356 e. The number of carbonyl (C=O) groups is 1. The van der Waals surface area contributed by atoms with Crippen LogP contribution in [-0.2, 0) is 17.8 Å². The molecular formula is C23H35N5O. The molecule has 0 bridgehead atoms. The lowest BCUT2D eigenvalue weighted by molar-refractivity contribution is -0.121. The predicted molar refractivity (Wildman–Crippen MR) is 117 cm³/mol.